The molecular weight excluding hydrogens is 503 g/mol. The number of rotatable bonds is 4. The molecule has 3 heterocycles. The quantitative estimate of drug-likeness (QED) is 0.372. The summed E-state index contributed by atoms with van der Waals surface area (Å²) in [7, 11) is 1.86. The van der Waals surface area contributed by atoms with E-state index in [-0.39, 0.29) is 36.2 Å². The molecule has 2 aromatic carbocycles. The number of hydrogen-bond acceptors (Lipinski definition) is 4. The van der Waals surface area contributed by atoms with Crippen molar-refractivity contribution in [2.45, 2.75) is 31.2 Å². The number of aliphatic imine (C=N–C) groups is 1. The van der Waals surface area contributed by atoms with E-state index in [1.165, 1.54) is 11.1 Å². The van der Waals surface area contributed by atoms with E-state index in [1.54, 1.807) is 0 Å². The summed E-state index contributed by atoms with van der Waals surface area (Å²) in [5.41, 5.74) is 2.65. The number of morpholine rings is 1. The second kappa shape index (κ2) is 10.2. The molecule has 2 fully saturated rings. The zero-order chi connectivity index (χ0) is 20.3. The van der Waals surface area contributed by atoms with Crippen molar-refractivity contribution in [1.29, 1.82) is 0 Å². The fraction of sp³-hybridized carbons (Fsp3) is 0.458. The number of halogens is 1. The van der Waals surface area contributed by atoms with Crippen LogP contribution < -0.4 is 10.1 Å². The van der Waals surface area contributed by atoms with Crippen LogP contribution in [0.5, 0.6) is 5.75 Å². The molecule has 0 bridgehead atoms. The van der Waals surface area contributed by atoms with Crippen molar-refractivity contribution in [2.75, 3.05) is 39.8 Å². The third kappa shape index (κ3) is 4.99. The molecule has 5 rings (SSSR count). The van der Waals surface area contributed by atoms with Gasteiger partial charge in [0.1, 0.15) is 11.9 Å². The van der Waals surface area contributed by atoms with Gasteiger partial charge >= 0.3 is 0 Å². The Morgan fingerprint density at radius 3 is 2.71 bits per heavy atom. The second-order valence-corrected chi connectivity index (χ2v) is 8.32. The molecule has 6 nitrogen and oxygen atoms in total. The molecule has 3 aliphatic rings. The molecule has 166 valence electrons. The number of guanidine groups is 1. The first kappa shape index (κ1) is 22.4. The van der Waals surface area contributed by atoms with Gasteiger partial charge in [0.15, 0.2) is 5.96 Å². The molecule has 3 atom stereocenters. The van der Waals surface area contributed by atoms with E-state index in [4.69, 9.17) is 9.47 Å². The maximum Gasteiger partial charge on any atom is 0.193 e. The van der Waals surface area contributed by atoms with Crippen LogP contribution in [-0.4, -0.2) is 73.8 Å². The Kier molecular flexibility index (Phi) is 7.35. The van der Waals surface area contributed by atoms with Gasteiger partial charge in [-0.3, -0.25) is 9.89 Å². The number of benzene rings is 2. The molecule has 0 aliphatic carbocycles. The van der Waals surface area contributed by atoms with Crippen molar-refractivity contribution < 1.29 is 9.47 Å². The first-order valence-electron chi connectivity index (χ1n) is 10.9. The summed E-state index contributed by atoms with van der Waals surface area (Å²) in [6, 6.07) is 19.4. The van der Waals surface area contributed by atoms with E-state index < -0.39 is 0 Å². The SMILES string of the molecule is CN=C(NCC1Cc2ccccc2O1)N1CC2OCCN(Cc3ccccc3)C2C1.I. The van der Waals surface area contributed by atoms with Gasteiger partial charge < -0.3 is 19.7 Å². The van der Waals surface area contributed by atoms with Crippen LogP contribution in [0.1, 0.15) is 11.1 Å². The highest BCUT2D eigenvalue weighted by Crippen LogP contribution is 2.28. The number of nitrogens with one attached hydrogen (secondary N) is 1. The minimum atomic E-state index is 0. The van der Waals surface area contributed by atoms with Gasteiger partial charge in [-0.1, -0.05) is 48.5 Å². The van der Waals surface area contributed by atoms with Gasteiger partial charge in [-0.25, -0.2) is 0 Å². The van der Waals surface area contributed by atoms with E-state index in [0.29, 0.717) is 6.04 Å². The van der Waals surface area contributed by atoms with Crippen LogP contribution in [0.25, 0.3) is 0 Å². The first-order chi connectivity index (χ1) is 14.8. The second-order valence-electron chi connectivity index (χ2n) is 8.32. The van der Waals surface area contributed by atoms with Crippen LogP contribution in [0, 0.1) is 0 Å². The van der Waals surface area contributed by atoms with Gasteiger partial charge in [0, 0.05) is 39.6 Å². The highest BCUT2D eigenvalue weighted by Gasteiger charge is 2.41. The van der Waals surface area contributed by atoms with Gasteiger partial charge in [-0.2, -0.15) is 0 Å². The van der Waals surface area contributed by atoms with Gasteiger partial charge in [0.25, 0.3) is 0 Å². The third-order valence-electron chi connectivity index (χ3n) is 6.36. The average Bonchev–Trinajstić information content (AvgIpc) is 3.39. The Hall–Kier alpha value is -1.84. The van der Waals surface area contributed by atoms with E-state index in [0.717, 1.165) is 57.5 Å². The van der Waals surface area contributed by atoms with Crippen molar-refractivity contribution in [1.82, 2.24) is 15.1 Å². The van der Waals surface area contributed by atoms with E-state index in [9.17, 15) is 0 Å². The highest BCUT2D eigenvalue weighted by atomic mass is 127. The molecule has 0 radical (unpaired) electrons. The summed E-state index contributed by atoms with van der Waals surface area (Å²) < 4.78 is 12.2. The summed E-state index contributed by atoms with van der Waals surface area (Å²) >= 11 is 0. The van der Waals surface area contributed by atoms with Crippen LogP contribution >= 0.6 is 24.0 Å². The number of para-hydroxylation sites is 1. The van der Waals surface area contributed by atoms with Crippen molar-refractivity contribution in [3.63, 3.8) is 0 Å². The third-order valence-corrected chi connectivity index (χ3v) is 6.36. The Morgan fingerprint density at radius 1 is 1.10 bits per heavy atom. The molecule has 1 N–H and O–H groups in total. The van der Waals surface area contributed by atoms with E-state index >= 15 is 0 Å². The lowest BCUT2D eigenvalue weighted by molar-refractivity contribution is -0.0502. The van der Waals surface area contributed by atoms with Gasteiger partial charge in [0.2, 0.25) is 0 Å². The van der Waals surface area contributed by atoms with Crippen molar-refractivity contribution in [2.24, 2.45) is 4.99 Å². The zero-order valence-electron chi connectivity index (χ0n) is 17.9. The minimum Gasteiger partial charge on any atom is -0.488 e. The zero-order valence-corrected chi connectivity index (χ0v) is 20.3. The predicted molar refractivity (Wildman–Crippen MR) is 133 cm³/mol. The normalized spacial score (nSPS) is 25.4. The lowest BCUT2D eigenvalue weighted by atomic mass is 10.1. The molecule has 3 aliphatic heterocycles. The van der Waals surface area contributed by atoms with Crippen LogP contribution in [-0.2, 0) is 17.7 Å². The smallest absolute Gasteiger partial charge is 0.193 e. The molecule has 0 amide bonds. The number of fused-ring (bicyclic) bond motifs is 2. The monoisotopic (exact) mass is 534 g/mol. The maximum atomic E-state index is 6.12. The lowest BCUT2D eigenvalue weighted by Gasteiger charge is -2.36. The van der Waals surface area contributed by atoms with Gasteiger partial charge in [0.05, 0.1) is 25.3 Å². The van der Waals surface area contributed by atoms with Crippen LogP contribution in [0.4, 0.5) is 0 Å². The number of ether oxygens (including phenoxy) is 2. The van der Waals surface area contributed by atoms with E-state index in [2.05, 4.69) is 62.6 Å². The van der Waals surface area contributed by atoms with Crippen LogP contribution in [0.2, 0.25) is 0 Å². The molecule has 2 aromatic rings. The van der Waals surface area contributed by atoms with Crippen molar-refractivity contribution >= 4 is 29.9 Å². The van der Waals surface area contributed by atoms with Crippen LogP contribution in [0.3, 0.4) is 0 Å². The number of likely N-dealkylation sites (tertiary alicyclic amines) is 1. The fourth-order valence-electron chi connectivity index (χ4n) is 4.85. The molecule has 0 spiro atoms. The molecule has 31 heavy (non-hydrogen) atoms. The Morgan fingerprint density at radius 2 is 1.90 bits per heavy atom. The van der Waals surface area contributed by atoms with Crippen molar-refractivity contribution in [3.05, 3.63) is 65.7 Å². The van der Waals surface area contributed by atoms with Crippen molar-refractivity contribution in [3.8, 4) is 5.75 Å². The summed E-state index contributed by atoms with van der Waals surface area (Å²) in [5, 5.41) is 3.54. The molecule has 2 saturated heterocycles. The summed E-state index contributed by atoms with van der Waals surface area (Å²) in [5.74, 6) is 1.95. The molecular formula is C24H31IN4O2. The standard InChI is InChI=1S/C24H30N4O2.HI/c1-25-24(26-14-20-13-19-9-5-6-10-22(19)30-20)28-16-21-23(17-28)29-12-11-27(21)15-18-7-3-2-4-8-18;/h2-10,20-21,23H,11-17H2,1H3,(H,25,26);1H. The lowest BCUT2D eigenvalue weighted by Crippen LogP contribution is -2.50. The average molecular weight is 534 g/mol. The summed E-state index contributed by atoms with van der Waals surface area (Å²) in [4.78, 5) is 9.45. The highest BCUT2D eigenvalue weighted by molar-refractivity contribution is 14.0. The fourth-order valence-corrected chi connectivity index (χ4v) is 4.85. The molecule has 0 saturated carbocycles. The molecule has 0 aromatic heterocycles. The van der Waals surface area contributed by atoms with E-state index in [1.807, 2.05) is 19.2 Å². The Labute approximate surface area is 201 Å². The molecule has 3 unspecified atom stereocenters. The minimum absolute atomic E-state index is 0. The summed E-state index contributed by atoms with van der Waals surface area (Å²) in [6.07, 6.45) is 1.32. The van der Waals surface area contributed by atoms with Crippen LogP contribution in [0.15, 0.2) is 59.6 Å². The largest absolute Gasteiger partial charge is 0.488 e. The predicted octanol–water partition coefficient (Wildman–Crippen LogP) is 2.77. The first-order valence-corrected chi connectivity index (χ1v) is 10.9. The number of nitrogens with zero attached hydrogens (tertiary/aromatic N) is 3. The number of hydrogen-bond donors (Lipinski definition) is 1. The van der Waals surface area contributed by atoms with Gasteiger partial charge in [-0.15, -0.1) is 24.0 Å². The topological polar surface area (TPSA) is 49.3 Å². The maximum absolute atomic E-state index is 6.12. The Balaban J connectivity index is 0.00000231. The molecule has 7 heteroatoms. The Bertz CT molecular complexity index is 869. The summed E-state index contributed by atoms with van der Waals surface area (Å²) in [6.45, 7) is 5.30. The van der Waals surface area contributed by atoms with Gasteiger partial charge in [-0.05, 0) is 17.2 Å².